The number of halogens is 1. The number of hydrogen-bond acceptors (Lipinski definition) is 3. The quantitative estimate of drug-likeness (QED) is 0.753. The van der Waals surface area contributed by atoms with E-state index in [-0.39, 0.29) is 18.6 Å². The van der Waals surface area contributed by atoms with Gasteiger partial charge >= 0.3 is 5.97 Å². The standard InChI is InChI=1S/C18H20FNO4S/c1-13-4-2-3-5-15(13)12-25(23,24)20-17(10-11-18(21)22)14-6-8-16(19)9-7-14/h2-9,17,20H,10-12H2,1H3,(H,21,22). The average molecular weight is 365 g/mol. The monoisotopic (exact) mass is 365 g/mol. The summed E-state index contributed by atoms with van der Waals surface area (Å²) in [6.07, 6.45) is -0.122. The molecule has 5 nitrogen and oxygen atoms in total. The number of rotatable bonds is 8. The summed E-state index contributed by atoms with van der Waals surface area (Å²) < 4.78 is 40.7. The fraction of sp³-hybridized carbons (Fsp3) is 0.278. The summed E-state index contributed by atoms with van der Waals surface area (Å²) in [6, 6.07) is 11.8. The molecule has 1 atom stereocenters. The van der Waals surface area contributed by atoms with Gasteiger partial charge in [-0.05, 0) is 42.2 Å². The molecule has 0 heterocycles. The zero-order chi connectivity index (χ0) is 18.4. The lowest BCUT2D eigenvalue weighted by molar-refractivity contribution is -0.137. The van der Waals surface area contributed by atoms with Crippen molar-refractivity contribution in [3.05, 3.63) is 71.0 Å². The van der Waals surface area contributed by atoms with Gasteiger partial charge in [-0.3, -0.25) is 4.79 Å². The summed E-state index contributed by atoms with van der Waals surface area (Å²) in [4.78, 5) is 10.9. The van der Waals surface area contributed by atoms with Crippen LogP contribution in [-0.2, 0) is 20.6 Å². The molecule has 0 amide bonds. The number of nitrogens with one attached hydrogen (secondary N) is 1. The van der Waals surface area contributed by atoms with Gasteiger partial charge in [-0.15, -0.1) is 0 Å². The second-order valence-electron chi connectivity index (χ2n) is 5.84. The summed E-state index contributed by atoms with van der Waals surface area (Å²) in [5.41, 5.74) is 2.05. The maximum Gasteiger partial charge on any atom is 0.303 e. The van der Waals surface area contributed by atoms with Crippen molar-refractivity contribution in [2.24, 2.45) is 0 Å². The molecular formula is C18H20FNO4S. The number of aliphatic carboxylic acids is 1. The number of carbonyl (C=O) groups is 1. The fourth-order valence-corrected chi connectivity index (χ4v) is 4.00. The molecule has 134 valence electrons. The van der Waals surface area contributed by atoms with Crippen LogP contribution in [-0.4, -0.2) is 19.5 Å². The molecule has 0 bridgehead atoms. The molecule has 2 aromatic carbocycles. The molecule has 0 saturated carbocycles. The van der Waals surface area contributed by atoms with E-state index < -0.39 is 27.9 Å². The Hall–Kier alpha value is -2.25. The maximum absolute atomic E-state index is 13.1. The molecular weight excluding hydrogens is 345 g/mol. The first-order valence-corrected chi connectivity index (χ1v) is 9.44. The lowest BCUT2D eigenvalue weighted by Gasteiger charge is -2.19. The maximum atomic E-state index is 13.1. The van der Waals surface area contributed by atoms with Crippen molar-refractivity contribution in [3.63, 3.8) is 0 Å². The summed E-state index contributed by atoms with van der Waals surface area (Å²) in [6.45, 7) is 1.83. The average Bonchev–Trinajstić information content (AvgIpc) is 2.54. The molecule has 2 rings (SSSR count). The van der Waals surface area contributed by atoms with E-state index in [0.29, 0.717) is 11.1 Å². The van der Waals surface area contributed by atoms with Crippen molar-refractivity contribution in [2.45, 2.75) is 31.6 Å². The van der Waals surface area contributed by atoms with Crippen molar-refractivity contribution in [1.29, 1.82) is 0 Å². The van der Waals surface area contributed by atoms with Crippen LogP contribution >= 0.6 is 0 Å². The SMILES string of the molecule is Cc1ccccc1CS(=O)(=O)NC(CCC(=O)O)c1ccc(F)cc1. The predicted octanol–water partition coefficient (Wildman–Crippen LogP) is 3.16. The van der Waals surface area contributed by atoms with Gasteiger partial charge in [0.15, 0.2) is 0 Å². The Morgan fingerprint density at radius 1 is 1.16 bits per heavy atom. The number of hydrogen-bond donors (Lipinski definition) is 2. The first kappa shape index (κ1) is 19.1. The van der Waals surface area contributed by atoms with Crippen LogP contribution in [0.25, 0.3) is 0 Å². The Bertz CT molecular complexity index is 834. The molecule has 25 heavy (non-hydrogen) atoms. The zero-order valence-electron chi connectivity index (χ0n) is 13.8. The normalized spacial score (nSPS) is 12.7. The van der Waals surface area contributed by atoms with Crippen LogP contribution in [0.4, 0.5) is 4.39 Å². The van der Waals surface area contributed by atoms with E-state index >= 15 is 0 Å². The van der Waals surface area contributed by atoms with Gasteiger partial charge in [-0.2, -0.15) is 0 Å². The first-order chi connectivity index (χ1) is 11.8. The molecule has 0 aliphatic carbocycles. The van der Waals surface area contributed by atoms with Gasteiger partial charge in [0.1, 0.15) is 5.82 Å². The van der Waals surface area contributed by atoms with Crippen LogP contribution in [0.5, 0.6) is 0 Å². The molecule has 0 spiro atoms. The second-order valence-corrected chi connectivity index (χ2v) is 7.59. The Kier molecular flexibility index (Phi) is 6.27. The van der Waals surface area contributed by atoms with Crippen LogP contribution < -0.4 is 4.72 Å². The molecule has 0 aliphatic rings. The molecule has 0 radical (unpaired) electrons. The molecule has 7 heteroatoms. The predicted molar refractivity (Wildman–Crippen MR) is 92.9 cm³/mol. The van der Waals surface area contributed by atoms with Gasteiger partial charge < -0.3 is 5.11 Å². The van der Waals surface area contributed by atoms with Crippen LogP contribution in [0.3, 0.4) is 0 Å². The van der Waals surface area contributed by atoms with Gasteiger partial charge in [0, 0.05) is 12.5 Å². The highest BCUT2D eigenvalue weighted by Crippen LogP contribution is 2.21. The molecule has 0 aromatic heterocycles. The van der Waals surface area contributed by atoms with Crippen molar-refractivity contribution >= 4 is 16.0 Å². The van der Waals surface area contributed by atoms with Crippen LogP contribution in [0.1, 0.15) is 35.6 Å². The fourth-order valence-electron chi connectivity index (χ4n) is 2.49. The van der Waals surface area contributed by atoms with E-state index in [1.807, 2.05) is 19.1 Å². The Morgan fingerprint density at radius 3 is 2.40 bits per heavy atom. The molecule has 2 N–H and O–H groups in total. The van der Waals surface area contributed by atoms with Crippen molar-refractivity contribution < 1.29 is 22.7 Å². The zero-order valence-corrected chi connectivity index (χ0v) is 14.6. The van der Waals surface area contributed by atoms with E-state index in [1.54, 1.807) is 12.1 Å². The summed E-state index contributed by atoms with van der Waals surface area (Å²) in [5.74, 6) is -1.67. The summed E-state index contributed by atoms with van der Waals surface area (Å²) >= 11 is 0. The lowest BCUT2D eigenvalue weighted by Crippen LogP contribution is -2.30. The third-order valence-corrected chi connectivity index (χ3v) is 5.18. The largest absolute Gasteiger partial charge is 0.481 e. The van der Waals surface area contributed by atoms with E-state index in [2.05, 4.69) is 4.72 Å². The number of benzene rings is 2. The van der Waals surface area contributed by atoms with Crippen LogP contribution in [0, 0.1) is 12.7 Å². The minimum atomic E-state index is -3.70. The topological polar surface area (TPSA) is 83.5 Å². The third kappa shape index (κ3) is 5.95. The third-order valence-electron chi connectivity index (χ3n) is 3.85. The second kappa shape index (κ2) is 8.22. The van der Waals surface area contributed by atoms with Gasteiger partial charge in [-0.1, -0.05) is 36.4 Å². The van der Waals surface area contributed by atoms with Gasteiger partial charge in [-0.25, -0.2) is 17.5 Å². The highest BCUT2D eigenvalue weighted by atomic mass is 32.2. The number of carboxylic acids is 1. The first-order valence-electron chi connectivity index (χ1n) is 7.78. The van der Waals surface area contributed by atoms with Crippen molar-refractivity contribution in [2.75, 3.05) is 0 Å². The van der Waals surface area contributed by atoms with Crippen LogP contribution in [0.15, 0.2) is 48.5 Å². The minimum Gasteiger partial charge on any atom is -0.481 e. The number of sulfonamides is 1. The molecule has 0 saturated heterocycles. The highest BCUT2D eigenvalue weighted by Gasteiger charge is 2.21. The Morgan fingerprint density at radius 2 is 1.80 bits per heavy atom. The molecule has 1 unspecified atom stereocenters. The van der Waals surface area contributed by atoms with Crippen molar-refractivity contribution in [1.82, 2.24) is 4.72 Å². The van der Waals surface area contributed by atoms with Gasteiger partial charge in [0.25, 0.3) is 0 Å². The Balaban J connectivity index is 2.20. The smallest absolute Gasteiger partial charge is 0.303 e. The Labute approximate surface area is 146 Å². The van der Waals surface area contributed by atoms with Crippen LogP contribution in [0.2, 0.25) is 0 Å². The summed E-state index contributed by atoms with van der Waals surface area (Å²) in [5, 5.41) is 8.89. The van der Waals surface area contributed by atoms with E-state index in [0.717, 1.165) is 5.56 Å². The van der Waals surface area contributed by atoms with E-state index in [4.69, 9.17) is 5.11 Å². The van der Waals surface area contributed by atoms with Gasteiger partial charge in [0.05, 0.1) is 5.75 Å². The molecule has 2 aromatic rings. The number of aryl methyl sites for hydroxylation is 1. The van der Waals surface area contributed by atoms with Gasteiger partial charge in [0.2, 0.25) is 10.0 Å². The number of carboxylic acid groups (broad SMARTS) is 1. The van der Waals surface area contributed by atoms with E-state index in [9.17, 15) is 17.6 Å². The molecule has 0 fully saturated rings. The lowest BCUT2D eigenvalue weighted by atomic mass is 10.0. The van der Waals surface area contributed by atoms with E-state index in [1.165, 1.54) is 24.3 Å². The highest BCUT2D eigenvalue weighted by molar-refractivity contribution is 7.88. The molecule has 0 aliphatic heterocycles. The summed E-state index contributed by atoms with van der Waals surface area (Å²) in [7, 11) is -3.70. The van der Waals surface area contributed by atoms with Crippen molar-refractivity contribution in [3.8, 4) is 0 Å². The minimum absolute atomic E-state index is 0.0773.